The second-order valence-electron chi connectivity index (χ2n) is 7.37. The Morgan fingerprint density at radius 3 is 2.70 bits per heavy atom. The van der Waals surface area contributed by atoms with Crippen LogP contribution in [0.3, 0.4) is 0 Å². The van der Waals surface area contributed by atoms with Crippen LogP contribution in [0.2, 0.25) is 0 Å². The average molecular weight is 392 g/mol. The molecule has 0 aromatic carbocycles. The first-order valence-electron chi connectivity index (χ1n) is 10.0. The number of aromatic nitrogens is 1. The van der Waals surface area contributed by atoms with E-state index in [1.165, 1.54) is 19.3 Å². The monoisotopic (exact) mass is 391 g/mol. The highest BCUT2D eigenvalue weighted by Crippen LogP contribution is 2.29. The number of anilines is 1. The Labute approximate surface area is 165 Å². The predicted molar refractivity (Wildman–Crippen MR) is 108 cm³/mol. The number of nitrogens with one attached hydrogen (secondary N) is 1. The summed E-state index contributed by atoms with van der Waals surface area (Å²) in [5.41, 5.74) is 0.605. The Kier molecular flexibility index (Phi) is 6.99. The van der Waals surface area contributed by atoms with Gasteiger partial charge in [-0.2, -0.15) is 0 Å². The molecule has 0 spiro atoms. The summed E-state index contributed by atoms with van der Waals surface area (Å²) in [6, 6.07) is 3.34. The van der Waals surface area contributed by atoms with Crippen LogP contribution in [-0.2, 0) is 4.79 Å². The molecule has 1 amide bonds. The largest absolute Gasteiger partial charge is 0.480 e. The van der Waals surface area contributed by atoms with Gasteiger partial charge in [-0.25, -0.2) is 9.78 Å². The molecule has 27 heavy (non-hydrogen) atoms. The topological polar surface area (TPSA) is 82.5 Å². The highest BCUT2D eigenvalue weighted by atomic mass is 32.2. The molecule has 2 fully saturated rings. The van der Waals surface area contributed by atoms with E-state index >= 15 is 0 Å². The zero-order chi connectivity index (χ0) is 19.2. The third kappa shape index (κ3) is 4.94. The van der Waals surface area contributed by atoms with Gasteiger partial charge in [-0.1, -0.05) is 26.2 Å². The van der Waals surface area contributed by atoms with E-state index in [2.05, 4.69) is 12.2 Å². The van der Waals surface area contributed by atoms with E-state index in [4.69, 9.17) is 4.98 Å². The molecule has 148 valence electrons. The van der Waals surface area contributed by atoms with Gasteiger partial charge in [-0.05, 0) is 50.0 Å². The summed E-state index contributed by atoms with van der Waals surface area (Å²) in [5.74, 6) is 0.669. The molecule has 1 aliphatic carbocycles. The van der Waals surface area contributed by atoms with Crippen molar-refractivity contribution in [3.05, 3.63) is 17.7 Å². The van der Waals surface area contributed by atoms with Gasteiger partial charge in [0.1, 0.15) is 16.9 Å². The molecule has 7 heteroatoms. The number of carboxylic acid groups (broad SMARTS) is 1. The van der Waals surface area contributed by atoms with Crippen LogP contribution in [0.1, 0.15) is 68.6 Å². The molecule has 0 radical (unpaired) electrons. The summed E-state index contributed by atoms with van der Waals surface area (Å²) in [5, 5.41) is 13.3. The first kappa shape index (κ1) is 20.0. The van der Waals surface area contributed by atoms with Crippen molar-refractivity contribution in [2.45, 2.75) is 75.4 Å². The van der Waals surface area contributed by atoms with Crippen molar-refractivity contribution in [2.75, 3.05) is 17.2 Å². The number of hydrogen-bond acceptors (Lipinski definition) is 5. The number of carbonyl (C=O) groups is 2. The zero-order valence-electron chi connectivity index (χ0n) is 15.9. The minimum absolute atomic E-state index is 0.0595. The van der Waals surface area contributed by atoms with Crippen molar-refractivity contribution in [1.82, 2.24) is 10.3 Å². The molecule has 2 aliphatic rings. The number of carboxylic acids is 1. The number of nitrogens with zero attached hydrogens (tertiary/aromatic N) is 2. The summed E-state index contributed by atoms with van der Waals surface area (Å²) in [6.07, 6.45) is 8.16. The van der Waals surface area contributed by atoms with E-state index in [9.17, 15) is 14.7 Å². The van der Waals surface area contributed by atoms with Gasteiger partial charge in [-0.3, -0.25) is 4.79 Å². The zero-order valence-corrected chi connectivity index (χ0v) is 16.8. The van der Waals surface area contributed by atoms with E-state index in [0.29, 0.717) is 29.4 Å². The maximum absolute atomic E-state index is 12.8. The van der Waals surface area contributed by atoms with Crippen LogP contribution in [0.4, 0.5) is 5.82 Å². The van der Waals surface area contributed by atoms with Gasteiger partial charge in [0.05, 0.1) is 5.56 Å². The minimum atomic E-state index is -0.809. The Bertz CT molecular complexity index is 676. The predicted octanol–water partition coefficient (Wildman–Crippen LogP) is 3.70. The Balaban J connectivity index is 1.80. The Morgan fingerprint density at radius 1 is 1.22 bits per heavy atom. The number of thioether (sulfide) groups is 1. The summed E-state index contributed by atoms with van der Waals surface area (Å²) in [7, 11) is 0. The van der Waals surface area contributed by atoms with Gasteiger partial charge < -0.3 is 15.3 Å². The van der Waals surface area contributed by atoms with Crippen LogP contribution >= 0.6 is 11.8 Å². The van der Waals surface area contributed by atoms with Crippen LogP contribution in [-0.4, -0.2) is 46.3 Å². The van der Waals surface area contributed by atoms with E-state index in [1.54, 1.807) is 17.8 Å². The van der Waals surface area contributed by atoms with Crippen molar-refractivity contribution in [3.8, 4) is 0 Å². The van der Waals surface area contributed by atoms with E-state index in [1.807, 2.05) is 11.0 Å². The molecule has 1 aromatic heterocycles. The van der Waals surface area contributed by atoms with Crippen LogP contribution in [0, 0.1) is 0 Å². The third-order valence-corrected chi connectivity index (χ3v) is 6.50. The molecule has 0 bridgehead atoms. The first-order valence-corrected chi connectivity index (χ1v) is 11.0. The SMILES string of the molecule is CCCSc1nc(N2CCCC2C(=O)O)ccc1C(=O)NC1CCCCC1. The van der Waals surface area contributed by atoms with Gasteiger partial charge in [0.2, 0.25) is 0 Å². The molecule has 1 atom stereocenters. The van der Waals surface area contributed by atoms with Gasteiger partial charge in [0.15, 0.2) is 0 Å². The maximum atomic E-state index is 12.8. The summed E-state index contributed by atoms with van der Waals surface area (Å²) >= 11 is 1.57. The third-order valence-electron chi connectivity index (χ3n) is 5.31. The molecule has 1 aliphatic heterocycles. The second kappa shape index (κ2) is 9.44. The summed E-state index contributed by atoms with van der Waals surface area (Å²) in [6.45, 7) is 2.79. The van der Waals surface area contributed by atoms with Crippen molar-refractivity contribution in [3.63, 3.8) is 0 Å². The number of pyridine rings is 1. The maximum Gasteiger partial charge on any atom is 0.326 e. The lowest BCUT2D eigenvalue weighted by molar-refractivity contribution is -0.138. The lowest BCUT2D eigenvalue weighted by Crippen LogP contribution is -2.37. The molecule has 1 aromatic rings. The first-order chi connectivity index (χ1) is 13.1. The smallest absolute Gasteiger partial charge is 0.326 e. The number of carbonyl (C=O) groups excluding carboxylic acids is 1. The van der Waals surface area contributed by atoms with Crippen molar-refractivity contribution < 1.29 is 14.7 Å². The molecule has 2 heterocycles. The normalized spacial score (nSPS) is 20.6. The Hall–Kier alpha value is -1.76. The molecular weight excluding hydrogens is 362 g/mol. The van der Waals surface area contributed by atoms with E-state index < -0.39 is 12.0 Å². The number of rotatable bonds is 7. The van der Waals surface area contributed by atoms with Gasteiger partial charge in [-0.15, -0.1) is 11.8 Å². The second-order valence-corrected chi connectivity index (χ2v) is 8.45. The summed E-state index contributed by atoms with van der Waals surface area (Å²) in [4.78, 5) is 30.9. The van der Waals surface area contributed by atoms with Crippen LogP contribution in [0.5, 0.6) is 0 Å². The van der Waals surface area contributed by atoms with Crippen LogP contribution in [0.25, 0.3) is 0 Å². The van der Waals surface area contributed by atoms with Crippen molar-refractivity contribution in [1.29, 1.82) is 0 Å². The van der Waals surface area contributed by atoms with Crippen LogP contribution < -0.4 is 10.2 Å². The fourth-order valence-corrected chi connectivity index (χ4v) is 4.75. The molecule has 1 saturated carbocycles. The van der Waals surface area contributed by atoms with Crippen molar-refractivity contribution in [2.24, 2.45) is 0 Å². The molecule has 2 N–H and O–H groups in total. The number of amides is 1. The standard InChI is InChI=1S/C20H29N3O3S/c1-2-13-27-19-15(18(24)21-14-7-4-3-5-8-14)10-11-17(22-19)23-12-6-9-16(23)20(25)26/h10-11,14,16H,2-9,12-13H2,1H3,(H,21,24)(H,25,26). The molecule has 6 nitrogen and oxygen atoms in total. The molecule has 3 rings (SSSR count). The molecule has 1 saturated heterocycles. The molecule has 1 unspecified atom stereocenters. The fourth-order valence-electron chi connectivity index (χ4n) is 3.88. The molecular formula is C20H29N3O3S. The van der Waals surface area contributed by atoms with Gasteiger partial charge >= 0.3 is 5.97 Å². The highest BCUT2D eigenvalue weighted by molar-refractivity contribution is 7.99. The Morgan fingerprint density at radius 2 is 2.00 bits per heavy atom. The lowest BCUT2D eigenvalue weighted by atomic mass is 9.95. The van der Waals surface area contributed by atoms with Gasteiger partial charge in [0.25, 0.3) is 5.91 Å². The minimum Gasteiger partial charge on any atom is -0.480 e. The van der Waals surface area contributed by atoms with E-state index in [-0.39, 0.29) is 11.9 Å². The number of aliphatic carboxylic acids is 1. The van der Waals surface area contributed by atoms with Crippen LogP contribution in [0.15, 0.2) is 17.2 Å². The summed E-state index contributed by atoms with van der Waals surface area (Å²) < 4.78 is 0. The lowest BCUT2D eigenvalue weighted by Gasteiger charge is -2.25. The highest BCUT2D eigenvalue weighted by Gasteiger charge is 2.32. The fraction of sp³-hybridized carbons (Fsp3) is 0.650. The number of hydrogen-bond donors (Lipinski definition) is 2. The van der Waals surface area contributed by atoms with Gasteiger partial charge in [0, 0.05) is 12.6 Å². The average Bonchev–Trinajstić information content (AvgIpc) is 3.17. The van der Waals surface area contributed by atoms with Crippen molar-refractivity contribution >= 4 is 29.5 Å². The quantitative estimate of drug-likeness (QED) is 0.690. The van der Waals surface area contributed by atoms with E-state index in [0.717, 1.165) is 31.4 Å².